The van der Waals surface area contributed by atoms with E-state index in [1.807, 2.05) is 0 Å². The van der Waals surface area contributed by atoms with Gasteiger partial charge in [0, 0.05) is 23.3 Å². The van der Waals surface area contributed by atoms with Crippen LogP contribution in [0, 0.1) is 11.7 Å². The van der Waals surface area contributed by atoms with Gasteiger partial charge in [0.2, 0.25) is 11.7 Å². The number of aromatic nitrogens is 2. The van der Waals surface area contributed by atoms with Gasteiger partial charge in [0.15, 0.2) is 18.3 Å². The molecule has 4 rings (SSSR count). The SMILES string of the molecule is NC(=O)COC(=O)C1C(=O)/C(=C/c2c[nH]c3ncccc23)OC1=Nc1ccc(F)cc1. The van der Waals surface area contributed by atoms with Crippen LogP contribution in [0.3, 0.4) is 0 Å². The van der Waals surface area contributed by atoms with Gasteiger partial charge in [0.05, 0.1) is 5.69 Å². The summed E-state index contributed by atoms with van der Waals surface area (Å²) in [5.74, 6) is -5.01. The smallest absolute Gasteiger partial charge is 0.327 e. The first-order valence-electron chi connectivity index (χ1n) is 9.07. The van der Waals surface area contributed by atoms with Crippen molar-refractivity contribution in [3.8, 4) is 0 Å². The highest BCUT2D eigenvalue weighted by molar-refractivity contribution is 6.27. The molecule has 1 aromatic carbocycles. The summed E-state index contributed by atoms with van der Waals surface area (Å²) in [6.07, 6.45) is 4.70. The topological polar surface area (TPSA) is 137 Å². The molecule has 1 amide bonds. The molecule has 0 radical (unpaired) electrons. The zero-order valence-electron chi connectivity index (χ0n) is 15.9. The summed E-state index contributed by atoms with van der Waals surface area (Å²) in [6, 6.07) is 8.60. The Morgan fingerprint density at radius 2 is 2.06 bits per heavy atom. The number of hydrogen-bond donors (Lipinski definition) is 2. The zero-order valence-corrected chi connectivity index (χ0v) is 15.9. The van der Waals surface area contributed by atoms with E-state index in [-0.39, 0.29) is 17.3 Å². The van der Waals surface area contributed by atoms with E-state index in [4.69, 9.17) is 15.2 Å². The number of pyridine rings is 1. The highest BCUT2D eigenvalue weighted by Gasteiger charge is 2.45. The van der Waals surface area contributed by atoms with E-state index in [1.165, 1.54) is 30.3 Å². The van der Waals surface area contributed by atoms with Crippen LogP contribution in [0.15, 0.2) is 59.5 Å². The fraction of sp³-hybridized carbons (Fsp3) is 0.0952. The van der Waals surface area contributed by atoms with Crippen LogP contribution >= 0.6 is 0 Å². The molecular weight excluding hydrogens is 407 g/mol. The standard InChI is InChI=1S/C21H15FN4O5/c22-12-3-5-13(6-4-12)26-20-17(21(29)30-10-16(23)27)18(28)15(31-20)8-11-9-25-19-14(11)2-1-7-24-19/h1-9,17H,10H2,(H2,23,27)(H,24,25)/b15-8-,26-20?. The fourth-order valence-electron chi connectivity index (χ4n) is 2.98. The number of H-pyrrole nitrogens is 1. The maximum Gasteiger partial charge on any atom is 0.327 e. The number of allylic oxidation sites excluding steroid dienone is 1. The number of primary amides is 1. The molecule has 3 heterocycles. The number of nitrogens with zero attached hydrogens (tertiary/aromatic N) is 2. The molecule has 1 fully saturated rings. The maximum absolute atomic E-state index is 13.2. The molecular formula is C21H15FN4O5. The summed E-state index contributed by atoms with van der Waals surface area (Å²) in [5.41, 5.74) is 6.48. The van der Waals surface area contributed by atoms with E-state index in [0.717, 1.165) is 5.39 Å². The number of carbonyl (C=O) groups is 3. The predicted octanol–water partition coefficient (Wildman–Crippen LogP) is 2.02. The Bertz CT molecular complexity index is 1250. The predicted molar refractivity (Wildman–Crippen MR) is 107 cm³/mol. The second-order valence-corrected chi connectivity index (χ2v) is 6.55. The van der Waals surface area contributed by atoms with Crippen LogP contribution in [0.5, 0.6) is 0 Å². The molecule has 3 aromatic rings. The average molecular weight is 422 g/mol. The van der Waals surface area contributed by atoms with Crippen molar-refractivity contribution in [1.82, 2.24) is 9.97 Å². The third kappa shape index (κ3) is 4.17. The van der Waals surface area contributed by atoms with Crippen molar-refractivity contribution in [1.29, 1.82) is 0 Å². The molecule has 10 heteroatoms. The minimum atomic E-state index is -1.53. The number of fused-ring (bicyclic) bond motifs is 1. The van der Waals surface area contributed by atoms with Gasteiger partial charge in [-0.25, -0.2) is 14.4 Å². The van der Waals surface area contributed by atoms with Gasteiger partial charge in [-0.05, 0) is 42.5 Å². The summed E-state index contributed by atoms with van der Waals surface area (Å²) in [6.45, 7) is -0.695. The van der Waals surface area contributed by atoms with Crippen LogP contribution in [0.4, 0.5) is 10.1 Å². The van der Waals surface area contributed by atoms with Crippen LogP contribution < -0.4 is 5.73 Å². The first-order valence-corrected chi connectivity index (χ1v) is 9.07. The number of ether oxygens (including phenoxy) is 2. The molecule has 156 valence electrons. The second-order valence-electron chi connectivity index (χ2n) is 6.55. The number of nitrogens with two attached hydrogens (primary N) is 1. The summed E-state index contributed by atoms with van der Waals surface area (Å²) in [7, 11) is 0. The summed E-state index contributed by atoms with van der Waals surface area (Å²) >= 11 is 0. The van der Waals surface area contributed by atoms with Gasteiger partial charge in [-0.1, -0.05) is 0 Å². The van der Waals surface area contributed by atoms with Crippen molar-refractivity contribution >= 4 is 46.4 Å². The number of Topliss-reactive ketones (excluding diaryl/α,β-unsaturated/α-hetero) is 1. The molecule has 0 bridgehead atoms. The van der Waals surface area contributed by atoms with Crippen molar-refractivity contribution < 1.29 is 28.2 Å². The number of nitrogens with one attached hydrogen (secondary N) is 1. The van der Waals surface area contributed by atoms with E-state index in [0.29, 0.717) is 11.2 Å². The van der Waals surface area contributed by atoms with Crippen LogP contribution in [-0.2, 0) is 23.9 Å². The molecule has 1 saturated heterocycles. The molecule has 2 aromatic heterocycles. The maximum atomic E-state index is 13.2. The molecule has 9 nitrogen and oxygen atoms in total. The number of amides is 1. The minimum absolute atomic E-state index is 0.147. The number of ketones is 1. The summed E-state index contributed by atoms with van der Waals surface area (Å²) < 4.78 is 23.6. The van der Waals surface area contributed by atoms with Gasteiger partial charge in [-0.3, -0.25) is 14.4 Å². The number of aliphatic imine (C=N–C) groups is 1. The lowest BCUT2D eigenvalue weighted by molar-refractivity contribution is -0.151. The first-order chi connectivity index (χ1) is 14.9. The van der Waals surface area contributed by atoms with E-state index < -0.39 is 36.0 Å². The van der Waals surface area contributed by atoms with Crippen molar-refractivity contribution in [2.24, 2.45) is 16.6 Å². The molecule has 1 aliphatic heterocycles. The second kappa shape index (κ2) is 8.19. The summed E-state index contributed by atoms with van der Waals surface area (Å²) in [5, 5.41) is 0.739. The lowest BCUT2D eigenvalue weighted by Crippen LogP contribution is -2.30. The van der Waals surface area contributed by atoms with Crippen LogP contribution in [0.25, 0.3) is 17.1 Å². The zero-order chi connectivity index (χ0) is 22.0. The Morgan fingerprint density at radius 3 is 2.81 bits per heavy atom. The molecule has 3 N–H and O–H groups in total. The first kappa shape index (κ1) is 20.0. The van der Waals surface area contributed by atoms with Gasteiger partial charge in [-0.2, -0.15) is 0 Å². The van der Waals surface area contributed by atoms with Gasteiger partial charge in [-0.15, -0.1) is 0 Å². The third-order valence-corrected chi connectivity index (χ3v) is 4.39. The highest BCUT2D eigenvalue weighted by Crippen LogP contribution is 2.29. The Balaban J connectivity index is 1.71. The molecule has 1 unspecified atom stereocenters. The lowest BCUT2D eigenvalue weighted by Gasteiger charge is -2.06. The molecule has 0 spiro atoms. The van der Waals surface area contributed by atoms with Crippen LogP contribution in [0.1, 0.15) is 5.56 Å². The average Bonchev–Trinajstić information content (AvgIpc) is 3.29. The Hall–Kier alpha value is -4.34. The number of aromatic amines is 1. The fourth-order valence-corrected chi connectivity index (χ4v) is 2.98. The van der Waals surface area contributed by atoms with Crippen molar-refractivity contribution in [2.45, 2.75) is 0 Å². The molecule has 0 saturated carbocycles. The summed E-state index contributed by atoms with van der Waals surface area (Å²) in [4.78, 5) is 47.6. The number of rotatable bonds is 5. The van der Waals surface area contributed by atoms with Crippen molar-refractivity contribution in [2.75, 3.05) is 6.61 Å². The van der Waals surface area contributed by atoms with E-state index >= 15 is 0 Å². The van der Waals surface area contributed by atoms with E-state index in [2.05, 4.69) is 15.0 Å². The Labute approximate surface area is 174 Å². The van der Waals surface area contributed by atoms with Gasteiger partial charge >= 0.3 is 5.97 Å². The van der Waals surface area contributed by atoms with Gasteiger partial charge < -0.3 is 20.2 Å². The van der Waals surface area contributed by atoms with Gasteiger partial charge in [0.25, 0.3) is 5.91 Å². The van der Waals surface area contributed by atoms with E-state index in [1.54, 1.807) is 24.5 Å². The number of hydrogen-bond acceptors (Lipinski definition) is 7. The lowest BCUT2D eigenvalue weighted by atomic mass is 10.0. The van der Waals surface area contributed by atoms with Crippen molar-refractivity contribution in [3.63, 3.8) is 0 Å². The largest absolute Gasteiger partial charge is 0.455 e. The third-order valence-electron chi connectivity index (χ3n) is 4.39. The van der Waals surface area contributed by atoms with Crippen molar-refractivity contribution in [3.05, 3.63) is 65.9 Å². The molecule has 1 aliphatic rings. The molecule has 1 atom stereocenters. The Kier molecular flexibility index (Phi) is 5.27. The number of carbonyl (C=O) groups excluding carboxylic acids is 3. The highest BCUT2D eigenvalue weighted by atomic mass is 19.1. The minimum Gasteiger partial charge on any atom is -0.455 e. The molecule has 0 aliphatic carbocycles. The monoisotopic (exact) mass is 422 g/mol. The molecule has 31 heavy (non-hydrogen) atoms. The van der Waals surface area contributed by atoms with Gasteiger partial charge in [0.1, 0.15) is 11.5 Å². The number of halogens is 1. The van der Waals surface area contributed by atoms with Crippen LogP contribution in [-0.4, -0.2) is 40.1 Å². The Morgan fingerprint density at radius 1 is 1.29 bits per heavy atom. The number of esters is 1. The number of benzene rings is 1. The normalized spacial score (nSPS) is 18.5. The quantitative estimate of drug-likeness (QED) is 0.367. The van der Waals surface area contributed by atoms with E-state index in [9.17, 15) is 18.8 Å². The van der Waals surface area contributed by atoms with Crippen LogP contribution in [0.2, 0.25) is 0 Å².